The van der Waals surface area contributed by atoms with Gasteiger partial charge in [-0.3, -0.25) is 15.0 Å². The predicted octanol–water partition coefficient (Wildman–Crippen LogP) is 2.12. The molecule has 0 bridgehead atoms. The summed E-state index contributed by atoms with van der Waals surface area (Å²) in [6, 6.07) is 11.0. The van der Waals surface area contributed by atoms with Crippen molar-refractivity contribution >= 4 is 15.7 Å². The molecule has 0 N–H and O–H groups in total. The molecule has 1 aliphatic heterocycles. The quantitative estimate of drug-likeness (QED) is 0.498. The number of methoxy groups -OCH3 is 2. The summed E-state index contributed by atoms with van der Waals surface area (Å²) >= 11 is 0. The third-order valence-electron chi connectivity index (χ3n) is 4.89. The van der Waals surface area contributed by atoms with Crippen molar-refractivity contribution in [2.75, 3.05) is 40.4 Å². The minimum absolute atomic E-state index is 0.251. The second-order valence-electron chi connectivity index (χ2n) is 6.58. The largest absolute Gasteiger partial charge is 0.497 e. The van der Waals surface area contributed by atoms with Crippen molar-refractivity contribution in [3.63, 3.8) is 0 Å². The summed E-state index contributed by atoms with van der Waals surface area (Å²) in [5.74, 6) is 1.46. The average Bonchev–Trinajstić information content (AvgIpc) is 2.74. The Morgan fingerprint density at radius 2 is 1.72 bits per heavy atom. The van der Waals surface area contributed by atoms with Crippen LogP contribution in [0.25, 0.3) is 0 Å². The number of para-hydroxylation sites is 1. The van der Waals surface area contributed by atoms with Crippen molar-refractivity contribution in [3.05, 3.63) is 58.1 Å². The molecule has 1 saturated heterocycles. The molecule has 0 saturated carbocycles. The van der Waals surface area contributed by atoms with Crippen molar-refractivity contribution in [1.29, 1.82) is 0 Å². The normalized spacial score (nSPS) is 15.8. The van der Waals surface area contributed by atoms with Crippen LogP contribution < -0.4 is 9.47 Å². The lowest BCUT2D eigenvalue weighted by Crippen LogP contribution is -2.48. The zero-order valence-electron chi connectivity index (χ0n) is 16.3. The molecule has 10 heteroatoms. The number of benzene rings is 2. The van der Waals surface area contributed by atoms with E-state index in [9.17, 15) is 18.5 Å². The van der Waals surface area contributed by atoms with Crippen molar-refractivity contribution in [1.82, 2.24) is 9.21 Å². The highest BCUT2D eigenvalue weighted by atomic mass is 32.2. The van der Waals surface area contributed by atoms with E-state index in [0.29, 0.717) is 19.6 Å². The lowest BCUT2D eigenvalue weighted by atomic mass is 10.1. The fourth-order valence-electron chi connectivity index (χ4n) is 3.34. The van der Waals surface area contributed by atoms with E-state index in [2.05, 4.69) is 4.90 Å². The van der Waals surface area contributed by atoms with Crippen molar-refractivity contribution in [2.45, 2.75) is 11.4 Å². The van der Waals surface area contributed by atoms with Gasteiger partial charge in [0.2, 0.25) is 10.0 Å². The van der Waals surface area contributed by atoms with Gasteiger partial charge in [0.25, 0.3) is 5.69 Å². The fourth-order valence-corrected chi connectivity index (χ4v) is 4.92. The highest BCUT2D eigenvalue weighted by Crippen LogP contribution is 2.28. The summed E-state index contributed by atoms with van der Waals surface area (Å²) in [5, 5.41) is 11.2. The van der Waals surface area contributed by atoms with Gasteiger partial charge in [0.15, 0.2) is 4.90 Å². The molecule has 156 valence electrons. The third-order valence-corrected chi connectivity index (χ3v) is 6.84. The van der Waals surface area contributed by atoms with E-state index in [-0.39, 0.29) is 18.0 Å². The summed E-state index contributed by atoms with van der Waals surface area (Å²) in [4.78, 5) is 12.4. The Balaban J connectivity index is 1.72. The molecule has 0 radical (unpaired) electrons. The lowest BCUT2D eigenvalue weighted by molar-refractivity contribution is -0.387. The standard InChI is InChI=1S/C19H23N3O6S/c1-27-16-7-8-18(28-2)15(13-16)14-20-9-11-21(12-10-20)29(25,26)19-6-4-3-5-17(19)22(23)24/h3-8,13H,9-12,14H2,1-2H3. The molecule has 0 unspecified atom stereocenters. The number of ether oxygens (including phenoxy) is 2. The van der Waals surface area contributed by atoms with Crippen LogP contribution in [0.15, 0.2) is 47.4 Å². The van der Waals surface area contributed by atoms with Gasteiger partial charge >= 0.3 is 0 Å². The van der Waals surface area contributed by atoms with E-state index < -0.39 is 20.6 Å². The molecule has 1 aliphatic rings. The Bertz CT molecular complexity index is 987. The van der Waals surface area contributed by atoms with Gasteiger partial charge in [-0.25, -0.2) is 8.42 Å². The first-order valence-electron chi connectivity index (χ1n) is 9.03. The van der Waals surface area contributed by atoms with Crippen LogP contribution in [0, 0.1) is 10.1 Å². The van der Waals surface area contributed by atoms with E-state index in [1.165, 1.54) is 28.6 Å². The van der Waals surface area contributed by atoms with Gasteiger partial charge < -0.3 is 9.47 Å². The molecule has 29 heavy (non-hydrogen) atoms. The van der Waals surface area contributed by atoms with Crippen LogP contribution in [0.5, 0.6) is 11.5 Å². The van der Waals surface area contributed by atoms with Gasteiger partial charge in [0.1, 0.15) is 11.5 Å². The molecule has 0 aliphatic carbocycles. The SMILES string of the molecule is COc1ccc(OC)c(CN2CCN(S(=O)(=O)c3ccccc3[N+](=O)[O-])CC2)c1. The molecule has 0 aromatic heterocycles. The van der Waals surface area contributed by atoms with Crippen molar-refractivity contribution in [3.8, 4) is 11.5 Å². The maximum Gasteiger partial charge on any atom is 0.289 e. The van der Waals surface area contributed by atoms with E-state index in [1.807, 2.05) is 18.2 Å². The fraction of sp³-hybridized carbons (Fsp3) is 0.368. The number of nitro groups is 1. The molecule has 1 heterocycles. The molecule has 0 atom stereocenters. The molecule has 9 nitrogen and oxygen atoms in total. The molecular weight excluding hydrogens is 398 g/mol. The van der Waals surface area contributed by atoms with Gasteiger partial charge in [-0.1, -0.05) is 12.1 Å². The number of piperazine rings is 1. The Morgan fingerprint density at radius 1 is 1.03 bits per heavy atom. The minimum atomic E-state index is -3.94. The second-order valence-corrected chi connectivity index (χ2v) is 8.49. The van der Waals surface area contributed by atoms with Crippen molar-refractivity contribution < 1.29 is 22.8 Å². The summed E-state index contributed by atoms with van der Waals surface area (Å²) in [7, 11) is -0.742. The number of sulfonamides is 1. The number of hydrogen-bond donors (Lipinski definition) is 0. The predicted molar refractivity (Wildman–Crippen MR) is 107 cm³/mol. The van der Waals surface area contributed by atoms with Gasteiger partial charge in [-0.05, 0) is 24.3 Å². The minimum Gasteiger partial charge on any atom is -0.497 e. The van der Waals surface area contributed by atoms with E-state index in [1.54, 1.807) is 14.2 Å². The van der Waals surface area contributed by atoms with Gasteiger partial charge in [0.05, 0.1) is 19.1 Å². The first-order valence-corrected chi connectivity index (χ1v) is 10.5. The molecule has 0 spiro atoms. The maximum absolute atomic E-state index is 12.9. The van der Waals surface area contributed by atoms with Crippen LogP contribution in [0.4, 0.5) is 5.69 Å². The lowest BCUT2D eigenvalue weighted by Gasteiger charge is -2.34. The molecule has 0 amide bonds. The summed E-state index contributed by atoms with van der Waals surface area (Å²) < 4.78 is 37.8. The average molecular weight is 421 g/mol. The monoisotopic (exact) mass is 421 g/mol. The molecular formula is C19H23N3O6S. The molecule has 1 fully saturated rings. The van der Waals surface area contributed by atoms with Crippen LogP contribution in [0.3, 0.4) is 0 Å². The van der Waals surface area contributed by atoms with Crippen LogP contribution in [0.1, 0.15) is 5.56 Å². The summed E-state index contributed by atoms with van der Waals surface area (Å²) in [5.41, 5.74) is 0.540. The molecule has 2 aromatic carbocycles. The van der Waals surface area contributed by atoms with E-state index in [0.717, 1.165) is 17.1 Å². The van der Waals surface area contributed by atoms with Gasteiger partial charge in [0, 0.05) is 44.4 Å². The topological polar surface area (TPSA) is 102 Å². The summed E-state index contributed by atoms with van der Waals surface area (Å²) in [6.07, 6.45) is 0. The molecule has 2 aromatic rings. The third kappa shape index (κ3) is 4.50. The second kappa shape index (κ2) is 8.76. The highest BCUT2D eigenvalue weighted by molar-refractivity contribution is 7.89. The maximum atomic E-state index is 12.9. The van der Waals surface area contributed by atoms with E-state index in [4.69, 9.17) is 9.47 Å². The van der Waals surface area contributed by atoms with Crippen LogP contribution in [0.2, 0.25) is 0 Å². The van der Waals surface area contributed by atoms with Gasteiger partial charge in [-0.2, -0.15) is 4.31 Å². The Labute approximate surface area is 169 Å². The summed E-state index contributed by atoms with van der Waals surface area (Å²) in [6.45, 7) is 2.08. The zero-order valence-corrected chi connectivity index (χ0v) is 17.1. The Hall–Kier alpha value is -2.69. The zero-order chi connectivity index (χ0) is 21.0. The van der Waals surface area contributed by atoms with Crippen LogP contribution in [-0.4, -0.2) is 62.9 Å². The Morgan fingerprint density at radius 3 is 2.34 bits per heavy atom. The number of rotatable bonds is 7. The van der Waals surface area contributed by atoms with Gasteiger partial charge in [-0.15, -0.1) is 0 Å². The van der Waals surface area contributed by atoms with Crippen LogP contribution in [-0.2, 0) is 16.6 Å². The van der Waals surface area contributed by atoms with Crippen LogP contribution >= 0.6 is 0 Å². The van der Waals surface area contributed by atoms with E-state index >= 15 is 0 Å². The first-order chi connectivity index (χ1) is 13.9. The Kier molecular flexibility index (Phi) is 6.36. The highest BCUT2D eigenvalue weighted by Gasteiger charge is 2.33. The number of hydrogen-bond acceptors (Lipinski definition) is 7. The van der Waals surface area contributed by atoms with Crippen molar-refractivity contribution in [2.24, 2.45) is 0 Å². The molecule has 3 rings (SSSR count). The smallest absolute Gasteiger partial charge is 0.289 e. The first kappa shape index (κ1) is 21.0. The number of nitro benzene ring substituents is 1. The number of nitrogens with zero attached hydrogens (tertiary/aromatic N) is 3.